The summed E-state index contributed by atoms with van der Waals surface area (Å²) < 4.78 is 0. The second kappa shape index (κ2) is 7.17. The van der Waals surface area contributed by atoms with Crippen molar-refractivity contribution in [1.29, 1.82) is 0 Å². The Balaban J connectivity index is 1.47. The fraction of sp³-hybridized carbons (Fsp3) is 0.0500. The average molecular weight is 359 g/mol. The van der Waals surface area contributed by atoms with E-state index in [1.54, 1.807) is 18.3 Å². The molecule has 4 N–H and O–H groups in total. The Hall–Kier alpha value is -3.87. The van der Waals surface area contributed by atoms with Crippen LogP contribution < -0.4 is 21.3 Å². The Labute approximate surface area is 155 Å². The first kappa shape index (κ1) is 16.6. The zero-order chi connectivity index (χ0) is 18.6. The van der Waals surface area contributed by atoms with Gasteiger partial charge < -0.3 is 16.0 Å². The van der Waals surface area contributed by atoms with Gasteiger partial charge in [-0.15, -0.1) is 0 Å². The molecule has 1 aromatic heterocycles. The number of fused-ring (bicyclic) bond motifs is 1. The van der Waals surface area contributed by atoms with E-state index in [0.717, 1.165) is 16.9 Å². The van der Waals surface area contributed by atoms with Gasteiger partial charge in [-0.05, 0) is 42.5 Å². The number of nitrogens with zero attached hydrogens (tertiary/aromatic N) is 1. The highest BCUT2D eigenvalue weighted by Crippen LogP contribution is 2.27. The Kier molecular flexibility index (Phi) is 4.40. The molecule has 27 heavy (non-hydrogen) atoms. The summed E-state index contributed by atoms with van der Waals surface area (Å²) in [5.41, 5.74) is 3.92. The monoisotopic (exact) mass is 359 g/mol. The number of hydrogen-bond acceptors (Lipinski definition) is 4. The molecular weight excluding hydrogens is 342 g/mol. The number of anilines is 4. The standard InChI is InChI=1S/C20H17N5O2/c26-19(13-4-2-1-3-5-13)24-15-8-6-14(7-9-15)23-17-10-11-21-18-16(17)12-22-20(27)25-18/h1-11H,12H2,(H,24,26)(H3,21,22,23,25,27). The maximum absolute atomic E-state index is 12.2. The quantitative estimate of drug-likeness (QED) is 0.571. The second-order valence-corrected chi connectivity index (χ2v) is 6.02. The van der Waals surface area contributed by atoms with Crippen LogP contribution in [0.3, 0.4) is 0 Å². The third-order valence-electron chi connectivity index (χ3n) is 4.17. The molecule has 1 aliphatic rings. The van der Waals surface area contributed by atoms with Crippen LogP contribution in [0.1, 0.15) is 15.9 Å². The van der Waals surface area contributed by atoms with E-state index >= 15 is 0 Å². The molecule has 3 aromatic rings. The summed E-state index contributed by atoms with van der Waals surface area (Å²) in [7, 11) is 0. The number of aromatic nitrogens is 1. The van der Waals surface area contributed by atoms with Crippen molar-refractivity contribution in [2.24, 2.45) is 0 Å². The van der Waals surface area contributed by atoms with Crippen molar-refractivity contribution in [3.05, 3.63) is 78.0 Å². The molecule has 2 aromatic carbocycles. The number of rotatable bonds is 4. The molecular formula is C20H17N5O2. The third-order valence-corrected chi connectivity index (χ3v) is 4.17. The number of carbonyl (C=O) groups excluding carboxylic acids is 2. The van der Waals surface area contributed by atoms with E-state index in [0.29, 0.717) is 23.6 Å². The maximum atomic E-state index is 12.2. The van der Waals surface area contributed by atoms with Gasteiger partial charge in [0.05, 0.1) is 6.54 Å². The summed E-state index contributed by atoms with van der Waals surface area (Å²) in [5, 5.41) is 11.6. The van der Waals surface area contributed by atoms with Crippen molar-refractivity contribution < 1.29 is 9.59 Å². The van der Waals surface area contributed by atoms with Crippen LogP contribution >= 0.6 is 0 Å². The van der Waals surface area contributed by atoms with Crippen molar-refractivity contribution in [1.82, 2.24) is 10.3 Å². The smallest absolute Gasteiger partial charge is 0.320 e. The fourth-order valence-electron chi connectivity index (χ4n) is 2.80. The van der Waals surface area contributed by atoms with E-state index in [1.807, 2.05) is 48.5 Å². The van der Waals surface area contributed by atoms with Crippen LogP contribution in [0.5, 0.6) is 0 Å². The molecule has 4 rings (SSSR count). The number of nitrogens with one attached hydrogen (secondary N) is 4. The van der Waals surface area contributed by atoms with Gasteiger partial charge in [-0.2, -0.15) is 0 Å². The number of amides is 3. The Morgan fingerprint density at radius 2 is 1.70 bits per heavy atom. The zero-order valence-electron chi connectivity index (χ0n) is 14.3. The van der Waals surface area contributed by atoms with Crippen LogP contribution in [0.2, 0.25) is 0 Å². The number of pyridine rings is 1. The van der Waals surface area contributed by atoms with Gasteiger partial charge in [0, 0.05) is 34.4 Å². The highest BCUT2D eigenvalue weighted by molar-refractivity contribution is 6.04. The van der Waals surface area contributed by atoms with Crippen LogP contribution in [0, 0.1) is 0 Å². The molecule has 0 bridgehead atoms. The molecule has 134 valence electrons. The highest BCUT2D eigenvalue weighted by atomic mass is 16.2. The van der Waals surface area contributed by atoms with E-state index in [4.69, 9.17) is 0 Å². The van der Waals surface area contributed by atoms with Crippen LogP contribution in [-0.2, 0) is 6.54 Å². The molecule has 0 radical (unpaired) electrons. The summed E-state index contributed by atoms with van der Waals surface area (Å²) in [4.78, 5) is 27.8. The van der Waals surface area contributed by atoms with Gasteiger partial charge in [0.1, 0.15) is 5.82 Å². The van der Waals surface area contributed by atoms with Crippen LogP contribution in [0.15, 0.2) is 66.9 Å². The summed E-state index contributed by atoms with van der Waals surface area (Å²) in [6.45, 7) is 0.405. The SMILES string of the molecule is O=C1NCc2c(Nc3ccc(NC(=O)c4ccccc4)cc3)ccnc2N1. The first-order valence-electron chi connectivity index (χ1n) is 8.45. The third kappa shape index (κ3) is 3.72. The topological polar surface area (TPSA) is 95.2 Å². The van der Waals surface area contributed by atoms with Crippen molar-refractivity contribution in [2.75, 3.05) is 16.0 Å². The van der Waals surface area contributed by atoms with Gasteiger partial charge in [0.15, 0.2) is 0 Å². The normalized spacial score (nSPS) is 12.4. The molecule has 0 fully saturated rings. The summed E-state index contributed by atoms with van der Waals surface area (Å²) in [6.07, 6.45) is 1.64. The van der Waals surface area contributed by atoms with E-state index in [9.17, 15) is 9.59 Å². The lowest BCUT2D eigenvalue weighted by Crippen LogP contribution is -2.34. The first-order chi connectivity index (χ1) is 13.2. The molecule has 7 nitrogen and oxygen atoms in total. The minimum atomic E-state index is -0.259. The van der Waals surface area contributed by atoms with Gasteiger partial charge in [-0.3, -0.25) is 10.1 Å². The highest BCUT2D eigenvalue weighted by Gasteiger charge is 2.18. The minimum absolute atomic E-state index is 0.152. The number of benzene rings is 2. The van der Waals surface area contributed by atoms with E-state index in [-0.39, 0.29) is 11.9 Å². The molecule has 0 unspecified atom stereocenters. The van der Waals surface area contributed by atoms with E-state index < -0.39 is 0 Å². The first-order valence-corrected chi connectivity index (χ1v) is 8.45. The van der Waals surface area contributed by atoms with Crippen molar-refractivity contribution in [3.63, 3.8) is 0 Å². The van der Waals surface area contributed by atoms with Gasteiger partial charge in [0.25, 0.3) is 5.91 Å². The van der Waals surface area contributed by atoms with Crippen LogP contribution in [0.25, 0.3) is 0 Å². The van der Waals surface area contributed by atoms with Gasteiger partial charge >= 0.3 is 6.03 Å². The molecule has 0 saturated heterocycles. The predicted octanol–water partition coefficient (Wildman–Crippen LogP) is 3.71. The summed E-state index contributed by atoms with van der Waals surface area (Å²) in [5.74, 6) is 0.400. The molecule has 0 aliphatic carbocycles. The largest absolute Gasteiger partial charge is 0.355 e. The lowest BCUT2D eigenvalue weighted by Gasteiger charge is -2.20. The second-order valence-electron chi connectivity index (χ2n) is 6.02. The molecule has 0 atom stereocenters. The Morgan fingerprint density at radius 1 is 0.963 bits per heavy atom. The van der Waals surface area contributed by atoms with E-state index in [1.165, 1.54) is 0 Å². The van der Waals surface area contributed by atoms with Crippen molar-refractivity contribution in [2.45, 2.75) is 6.54 Å². The van der Waals surface area contributed by atoms with E-state index in [2.05, 4.69) is 26.3 Å². The summed E-state index contributed by atoms with van der Waals surface area (Å²) >= 11 is 0. The molecule has 3 amide bonds. The lowest BCUT2D eigenvalue weighted by atomic mass is 10.1. The lowest BCUT2D eigenvalue weighted by molar-refractivity contribution is 0.102. The molecule has 7 heteroatoms. The maximum Gasteiger partial charge on any atom is 0.320 e. The Morgan fingerprint density at radius 3 is 2.48 bits per heavy atom. The average Bonchev–Trinajstić information content (AvgIpc) is 2.70. The zero-order valence-corrected chi connectivity index (χ0v) is 14.3. The van der Waals surface area contributed by atoms with Gasteiger partial charge in [-0.25, -0.2) is 9.78 Å². The van der Waals surface area contributed by atoms with Crippen LogP contribution in [0.4, 0.5) is 27.7 Å². The van der Waals surface area contributed by atoms with Crippen LogP contribution in [-0.4, -0.2) is 16.9 Å². The van der Waals surface area contributed by atoms with Crippen molar-refractivity contribution in [3.8, 4) is 0 Å². The molecule has 1 aliphatic heterocycles. The number of carbonyl (C=O) groups is 2. The molecule has 2 heterocycles. The summed E-state index contributed by atoms with van der Waals surface area (Å²) in [6, 6.07) is 18.1. The Bertz CT molecular complexity index is 987. The molecule has 0 saturated carbocycles. The predicted molar refractivity (Wildman–Crippen MR) is 104 cm³/mol. The number of hydrogen-bond donors (Lipinski definition) is 4. The number of urea groups is 1. The molecule has 0 spiro atoms. The van der Waals surface area contributed by atoms with Gasteiger partial charge in [-0.1, -0.05) is 18.2 Å². The minimum Gasteiger partial charge on any atom is -0.355 e. The fourth-order valence-corrected chi connectivity index (χ4v) is 2.80. The van der Waals surface area contributed by atoms with Crippen molar-refractivity contribution >= 4 is 34.8 Å². The van der Waals surface area contributed by atoms with Gasteiger partial charge in [0.2, 0.25) is 0 Å².